The normalized spacial score (nSPS) is 20.5. The van der Waals surface area contributed by atoms with Crippen LogP contribution in [0.4, 0.5) is 8.78 Å². The molecule has 1 aliphatic rings. The zero-order valence-corrected chi connectivity index (χ0v) is 8.09. The lowest BCUT2D eigenvalue weighted by atomic mass is 10.0. The molecule has 0 saturated carbocycles. The fourth-order valence-electron chi connectivity index (χ4n) is 1.79. The van der Waals surface area contributed by atoms with Gasteiger partial charge in [-0.3, -0.25) is 4.79 Å². The smallest absolute Gasteiger partial charge is 0.182 e. The van der Waals surface area contributed by atoms with Crippen molar-refractivity contribution < 1.29 is 13.6 Å². The van der Waals surface area contributed by atoms with Gasteiger partial charge in [-0.1, -0.05) is 0 Å². The van der Waals surface area contributed by atoms with Crippen LogP contribution < -0.4 is 5.32 Å². The summed E-state index contributed by atoms with van der Waals surface area (Å²) in [4.78, 5) is 11.8. The van der Waals surface area contributed by atoms with Crippen LogP contribution in [-0.2, 0) is 0 Å². The summed E-state index contributed by atoms with van der Waals surface area (Å²) in [5, 5.41) is 2.99. The number of halogens is 2. The van der Waals surface area contributed by atoms with Gasteiger partial charge in [-0.15, -0.1) is 0 Å². The molecular weight excluding hydrogens is 200 g/mol. The third-order valence-electron chi connectivity index (χ3n) is 2.57. The minimum absolute atomic E-state index is 0.0317. The fraction of sp³-hybridized carbons (Fsp3) is 0.364. The van der Waals surface area contributed by atoms with Gasteiger partial charge in [0.15, 0.2) is 5.78 Å². The van der Waals surface area contributed by atoms with Crippen LogP contribution in [0.3, 0.4) is 0 Å². The van der Waals surface area contributed by atoms with Gasteiger partial charge in [0.2, 0.25) is 0 Å². The Hall–Kier alpha value is -1.29. The molecule has 1 atom stereocenters. The number of ketones is 1. The largest absolute Gasteiger partial charge is 0.307 e. The number of carbonyl (C=O) groups is 1. The van der Waals surface area contributed by atoms with E-state index in [9.17, 15) is 13.6 Å². The molecule has 0 bridgehead atoms. The van der Waals surface area contributed by atoms with E-state index in [2.05, 4.69) is 5.32 Å². The molecule has 1 aromatic rings. The maximum Gasteiger partial charge on any atom is 0.182 e. The van der Waals surface area contributed by atoms with Crippen molar-refractivity contribution in [2.75, 3.05) is 6.54 Å². The molecule has 80 valence electrons. The molecule has 1 N–H and O–H groups in total. The molecule has 1 aromatic carbocycles. The first-order valence-corrected chi connectivity index (χ1v) is 4.91. The van der Waals surface area contributed by atoms with Gasteiger partial charge in [-0.2, -0.15) is 0 Å². The van der Waals surface area contributed by atoms with Crippen molar-refractivity contribution in [2.24, 2.45) is 0 Å². The first-order valence-electron chi connectivity index (χ1n) is 4.91. The number of hydrogen-bond donors (Lipinski definition) is 1. The number of nitrogens with one attached hydrogen (secondary N) is 1. The van der Waals surface area contributed by atoms with Crippen molar-refractivity contribution in [1.29, 1.82) is 0 Å². The third kappa shape index (κ3) is 2.04. The van der Waals surface area contributed by atoms with E-state index >= 15 is 0 Å². The zero-order chi connectivity index (χ0) is 10.8. The molecule has 0 spiro atoms. The van der Waals surface area contributed by atoms with Crippen molar-refractivity contribution >= 4 is 5.78 Å². The van der Waals surface area contributed by atoms with Crippen LogP contribution in [-0.4, -0.2) is 18.4 Å². The average molecular weight is 211 g/mol. The molecule has 4 heteroatoms. The second-order valence-corrected chi connectivity index (χ2v) is 3.64. The summed E-state index contributed by atoms with van der Waals surface area (Å²) in [5.74, 6) is -1.73. The summed E-state index contributed by atoms with van der Waals surface area (Å²) in [6.45, 7) is 0.777. The Morgan fingerprint density at radius 2 is 2.20 bits per heavy atom. The molecule has 1 aliphatic heterocycles. The van der Waals surface area contributed by atoms with Crippen LogP contribution in [0.25, 0.3) is 0 Å². The second-order valence-electron chi connectivity index (χ2n) is 3.64. The fourth-order valence-corrected chi connectivity index (χ4v) is 1.79. The molecular formula is C11H11F2NO. The number of Topliss-reactive ketones (excluding diaryl/α,β-unsaturated/α-hetero) is 1. The van der Waals surface area contributed by atoms with Crippen molar-refractivity contribution in [1.82, 2.24) is 5.32 Å². The Morgan fingerprint density at radius 3 is 2.80 bits per heavy atom. The maximum atomic E-state index is 13.3. The molecule has 1 saturated heterocycles. The van der Waals surface area contributed by atoms with Crippen molar-refractivity contribution in [3.63, 3.8) is 0 Å². The van der Waals surface area contributed by atoms with Gasteiger partial charge < -0.3 is 5.32 Å². The highest BCUT2D eigenvalue weighted by molar-refractivity contribution is 6.00. The molecule has 1 fully saturated rings. The highest BCUT2D eigenvalue weighted by Gasteiger charge is 2.25. The SMILES string of the molecule is O=C(c1ccc(F)cc1F)C1CCCN1. The van der Waals surface area contributed by atoms with E-state index in [1.54, 1.807) is 0 Å². The first kappa shape index (κ1) is 10.2. The van der Waals surface area contributed by atoms with Gasteiger partial charge in [0.1, 0.15) is 11.6 Å². The molecule has 0 amide bonds. The second kappa shape index (κ2) is 4.06. The predicted molar refractivity (Wildman–Crippen MR) is 51.7 cm³/mol. The number of carbonyl (C=O) groups excluding carboxylic acids is 1. The standard InChI is InChI=1S/C11H11F2NO/c12-7-3-4-8(9(13)6-7)11(15)10-2-1-5-14-10/h3-4,6,10,14H,1-2,5H2. The van der Waals surface area contributed by atoms with E-state index in [4.69, 9.17) is 0 Å². The molecule has 0 radical (unpaired) electrons. The van der Waals surface area contributed by atoms with Gasteiger partial charge in [0.25, 0.3) is 0 Å². The molecule has 1 unspecified atom stereocenters. The first-order chi connectivity index (χ1) is 7.18. The summed E-state index contributed by atoms with van der Waals surface area (Å²) < 4.78 is 25.9. The van der Waals surface area contributed by atoms with E-state index in [0.717, 1.165) is 31.5 Å². The Bertz CT molecular complexity index is 386. The highest BCUT2D eigenvalue weighted by Crippen LogP contribution is 2.16. The van der Waals surface area contributed by atoms with Crippen LogP contribution in [0.2, 0.25) is 0 Å². The number of hydrogen-bond acceptors (Lipinski definition) is 2. The monoisotopic (exact) mass is 211 g/mol. The molecule has 0 aromatic heterocycles. The summed E-state index contributed by atoms with van der Waals surface area (Å²) in [6, 6.07) is 2.73. The quantitative estimate of drug-likeness (QED) is 0.757. The third-order valence-corrected chi connectivity index (χ3v) is 2.57. The van der Waals surface area contributed by atoms with Crippen LogP contribution in [0, 0.1) is 11.6 Å². The van der Waals surface area contributed by atoms with E-state index in [-0.39, 0.29) is 17.4 Å². The maximum absolute atomic E-state index is 13.3. The van der Waals surface area contributed by atoms with Crippen molar-refractivity contribution in [2.45, 2.75) is 18.9 Å². The Morgan fingerprint density at radius 1 is 1.40 bits per heavy atom. The minimum Gasteiger partial charge on any atom is -0.307 e. The minimum atomic E-state index is -0.784. The summed E-state index contributed by atoms with van der Waals surface area (Å²) >= 11 is 0. The lowest BCUT2D eigenvalue weighted by molar-refractivity contribution is 0.0948. The molecule has 15 heavy (non-hydrogen) atoms. The Kier molecular flexibility index (Phi) is 2.77. The van der Waals surface area contributed by atoms with E-state index < -0.39 is 11.6 Å². The number of rotatable bonds is 2. The van der Waals surface area contributed by atoms with Gasteiger partial charge in [0, 0.05) is 6.07 Å². The van der Waals surface area contributed by atoms with Gasteiger partial charge >= 0.3 is 0 Å². The summed E-state index contributed by atoms with van der Waals surface area (Å²) in [6.07, 6.45) is 1.63. The van der Waals surface area contributed by atoms with Crippen LogP contribution in [0.15, 0.2) is 18.2 Å². The lowest BCUT2D eigenvalue weighted by Gasteiger charge is -2.09. The lowest BCUT2D eigenvalue weighted by Crippen LogP contribution is -2.31. The van der Waals surface area contributed by atoms with Crippen molar-refractivity contribution in [3.05, 3.63) is 35.4 Å². The zero-order valence-electron chi connectivity index (χ0n) is 8.09. The van der Waals surface area contributed by atoms with Gasteiger partial charge in [-0.05, 0) is 31.5 Å². The molecule has 2 rings (SSSR count). The molecule has 2 nitrogen and oxygen atoms in total. The molecule has 0 aliphatic carbocycles. The highest BCUT2D eigenvalue weighted by atomic mass is 19.1. The summed E-state index contributed by atoms with van der Waals surface area (Å²) in [7, 11) is 0. The predicted octanol–water partition coefficient (Wildman–Crippen LogP) is 1.90. The Balaban J connectivity index is 2.24. The van der Waals surface area contributed by atoms with E-state index in [1.165, 1.54) is 6.07 Å². The molecule has 1 heterocycles. The van der Waals surface area contributed by atoms with Crippen LogP contribution in [0.1, 0.15) is 23.2 Å². The van der Waals surface area contributed by atoms with Crippen LogP contribution in [0.5, 0.6) is 0 Å². The van der Waals surface area contributed by atoms with Crippen LogP contribution >= 0.6 is 0 Å². The number of benzene rings is 1. The van der Waals surface area contributed by atoms with Crippen molar-refractivity contribution in [3.8, 4) is 0 Å². The Labute approximate surface area is 86.3 Å². The average Bonchev–Trinajstić information content (AvgIpc) is 2.69. The summed E-state index contributed by atoms with van der Waals surface area (Å²) in [5.41, 5.74) is -0.0317. The van der Waals surface area contributed by atoms with E-state index in [1.807, 2.05) is 0 Å². The van der Waals surface area contributed by atoms with Gasteiger partial charge in [-0.25, -0.2) is 8.78 Å². The van der Waals surface area contributed by atoms with E-state index in [0.29, 0.717) is 0 Å². The van der Waals surface area contributed by atoms with Gasteiger partial charge in [0.05, 0.1) is 11.6 Å². The topological polar surface area (TPSA) is 29.1 Å².